The molecule has 0 aliphatic rings. The SMILES string of the molecule is CCCCCCCC[B]c1ccno1. The third kappa shape index (κ3) is 5.10. The van der Waals surface area contributed by atoms with E-state index >= 15 is 0 Å². The molecule has 0 atom stereocenters. The number of unbranched alkanes of at least 4 members (excludes halogenated alkanes) is 5. The Labute approximate surface area is 87.3 Å². The molecule has 77 valence electrons. The van der Waals surface area contributed by atoms with Gasteiger partial charge in [0.1, 0.15) is 0 Å². The summed E-state index contributed by atoms with van der Waals surface area (Å²) >= 11 is 0. The van der Waals surface area contributed by atoms with Gasteiger partial charge in [-0.15, -0.1) is 0 Å². The monoisotopic (exact) mass is 192 g/mol. The van der Waals surface area contributed by atoms with Gasteiger partial charge in [-0.05, 0) is 6.07 Å². The summed E-state index contributed by atoms with van der Waals surface area (Å²) in [5.74, 6) is 0. The Hall–Kier alpha value is -0.725. The van der Waals surface area contributed by atoms with Crippen molar-refractivity contribution < 1.29 is 4.52 Å². The van der Waals surface area contributed by atoms with E-state index in [2.05, 4.69) is 19.4 Å². The normalized spacial score (nSPS) is 10.4. The van der Waals surface area contributed by atoms with E-state index in [9.17, 15) is 0 Å². The lowest BCUT2D eigenvalue weighted by Crippen LogP contribution is -2.09. The summed E-state index contributed by atoms with van der Waals surface area (Å²) < 4.78 is 4.97. The maximum Gasteiger partial charge on any atom is 0.205 e. The van der Waals surface area contributed by atoms with Crippen molar-refractivity contribution in [2.24, 2.45) is 0 Å². The summed E-state index contributed by atoms with van der Waals surface area (Å²) in [6, 6.07) is 1.90. The molecule has 0 spiro atoms. The van der Waals surface area contributed by atoms with Gasteiger partial charge >= 0.3 is 0 Å². The minimum absolute atomic E-state index is 0.901. The summed E-state index contributed by atoms with van der Waals surface area (Å²) in [6.45, 7) is 2.25. The van der Waals surface area contributed by atoms with E-state index in [1.807, 2.05) is 6.07 Å². The highest BCUT2D eigenvalue weighted by Crippen LogP contribution is 2.06. The molecule has 1 aromatic heterocycles. The Morgan fingerprint density at radius 1 is 1.21 bits per heavy atom. The summed E-state index contributed by atoms with van der Waals surface area (Å²) in [4.78, 5) is 0. The molecule has 1 rings (SSSR count). The van der Waals surface area contributed by atoms with Gasteiger partial charge in [0.15, 0.2) is 0 Å². The van der Waals surface area contributed by atoms with Gasteiger partial charge in [-0.2, -0.15) is 0 Å². The van der Waals surface area contributed by atoms with Crippen LogP contribution in [0.15, 0.2) is 16.8 Å². The lowest BCUT2D eigenvalue weighted by Gasteiger charge is -1.98. The molecular weight excluding hydrogens is 173 g/mol. The topological polar surface area (TPSA) is 26.0 Å². The lowest BCUT2D eigenvalue weighted by molar-refractivity contribution is 0.445. The second kappa shape index (κ2) is 7.66. The Kier molecular flexibility index (Phi) is 6.21. The van der Waals surface area contributed by atoms with Gasteiger partial charge in [-0.3, -0.25) is 0 Å². The van der Waals surface area contributed by atoms with E-state index < -0.39 is 0 Å². The molecule has 0 saturated carbocycles. The Bertz CT molecular complexity index is 211. The van der Waals surface area contributed by atoms with Crippen molar-refractivity contribution in [1.29, 1.82) is 0 Å². The zero-order valence-electron chi connectivity index (χ0n) is 9.04. The molecular formula is C11H19BNO. The lowest BCUT2D eigenvalue weighted by atomic mass is 9.70. The fourth-order valence-corrected chi connectivity index (χ4v) is 1.50. The number of hydrogen-bond acceptors (Lipinski definition) is 2. The first-order valence-electron chi connectivity index (χ1n) is 5.67. The van der Waals surface area contributed by atoms with Crippen LogP contribution in [0, 0.1) is 0 Å². The standard InChI is InChI=1S/C11H19BNO/c1-2-3-4-5-6-7-9-12-11-8-10-13-14-11/h8,10H,2-7,9H2,1H3. The van der Waals surface area contributed by atoms with E-state index in [4.69, 9.17) is 4.52 Å². The molecule has 3 heteroatoms. The van der Waals surface area contributed by atoms with Gasteiger partial charge in [-0.25, -0.2) is 0 Å². The third-order valence-electron chi connectivity index (χ3n) is 2.36. The van der Waals surface area contributed by atoms with Crippen LogP contribution >= 0.6 is 0 Å². The first kappa shape index (κ1) is 11.4. The molecule has 0 aliphatic heterocycles. The van der Waals surface area contributed by atoms with Crippen LogP contribution in [0.4, 0.5) is 0 Å². The van der Waals surface area contributed by atoms with Gasteiger partial charge in [0.25, 0.3) is 0 Å². The molecule has 0 unspecified atom stereocenters. The predicted octanol–water partition coefficient (Wildman–Crippen LogP) is 2.78. The molecule has 0 saturated heterocycles. The number of aromatic nitrogens is 1. The maximum atomic E-state index is 4.97. The molecule has 0 aromatic carbocycles. The predicted molar refractivity (Wildman–Crippen MR) is 60.1 cm³/mol. The van der Waals surface area contributed by atoms with Crippen LogP contribution in [0.1, 0.15) is 45.4 Å². The minimum Gasteiger partial charge on any atom is -0.373 e. The Balaban J connectivity index is 1.85. The van der Waals surface area contributed by atoms with E-state index in [0.717, 1.165) is 12.0 Å². The molecule has 1 heterocycles. The quantitative estimate of drug-likeness (QED) is 0.467. The van der Waals surface area contributed by atoms with Crippen LogP contribution in [0.5, 0.6) is 0 Å². The first-order valence-corrected chi connectivity index (χ1v) is 5.67. The van der Waals surface area contributed by atoms with Crippen LogP contribution in [-0.2, 0) is 0 Å². The number of rotatable bonds is 8. The highest BCUT2D eigenvalue weighted by Gasteiger charge is 1.98. The van der Waals surface area contributed by atoms with Crippen molar-refractivity contribution in [2.75, 3.05) is 0 Å². The van der Waals surface area contributed by atoms with Crippen LogP contribution in [0.3, 0.4) is 0 Å². The van der Waals surface area contributed by atoms with Crippen LogP contribution in [0.25, 0.3) is 0 Å². The van der Waals surface area contributed by atoms with Gasteiger partial charge in [0, 0.05) is 0 Å². The van der Waals surface area contributed by atoms with Gasteiger partial charge in [0.05, 0.1) is 11.9 Å². The maximum absolute atomic E-state index is 4.97. The van der Waals surface area contributed by atoms with Gasteiger partial charge < -0.3 is 4.52 Å². The smallest absolute Gasteiger partial charge is 0.205 e. The summed E-state index contributed by atoms with van der Waals surface area (Å²) in [7, 11) is 2.12. The van der Waals surface area contributed by atoms with E-state index in [1.54, 1.807) is 6.20 Å². The van der Waals surface area contributed by atoms with Crippen molar-refractivity contribution in [2.45, 2.75) is 51.8 Å². The molecule has 0 aliphatic carbocycles. The summed E-state index contributed by atoms with van der Waals surface area (Å²) in [6.07, 6.45) is 10.9. The fourth-order valence-electron chi connectivity index (χ4n) is 1.50. The third-order valence-corrected chi connectivity index (χ3v) is 2.36. The summed E-state index contributed by atoms with van der Waals surface area (Å²) in [5, 5.41) is 3.66. The molecule has 1 radical (unpaired) electrons. The van der Waals surface area contributed by atoms with Crippen molar-refractivity contribution in [1.82, 2.24) is 5.16 Å². The second-order valence-corrected chi connectivity index (χ2v) is 3.68. The molecule has 0 fully saturated rings. The van der Waals surface area contributed by atoms with Gasteiger partial charge in [-0.1, -0.05) is 56.9 Å². The minimum atomic E-state index is 0.901. The van der Waals surface area contributed by atoms with Crippen molar-refractivity contribution >= 4 is 12.9 Å². The van der Waals surface area contributed by atoms with Crippen LogP contribution in [-0.4, -0.2) is 12.4 Å². The zero-order valence-corrected chi connectivity index (χ0v) is 9.04. The Morgan fingerprint density at radius 3 is 2.71 bits per heavy atom. The second-order valence-electron chi connectivity index (χ2n) is 3.68. The zero-order chi connectivity index (χ0) is 10.1. The average molecular weight is 192 g/mol. The van der Waals surface area contributed by atoms with Crippen molar-refractivity contribution in [3.8, 4) is 0 Å². The van der Waals surface area contributed by atoms with E-state index in [-0.39, 0.29) is 0 Å². The number of nitrogens with zero attached hydrogens (tertiary/aromatic N) is 1. The summed E-state index contributed by atoms with van der Waals surface area (Å²) in [5.41, 5.74) is 0.901. The van der Waals surface area contributed by atoms with Gasteiger partial charge in [0.2, 0.25) is 7.28 Å². The van der Waals surface area contributed by atoms with Crippen molar-refractivity contribution in [3.05, 3.63) is 12.3 Å². The molecule has 0 amide bonds. The molecule has 1 aromatic rings. The highest BCUT2D eigenvalue weighted by atomic mass is 16.5. The molecule has 14 heavy (non-hydrogen) atoms. The fraction of sp³-hybridized carbons (Fsp3) is 0.727. The molecule has 2 nitrogen and oxygen atoms in total. The molecule has 0 bridgehead atoms. The van der Waals surface area contributed by atoms with Crippen molar-refractivity contribution in [3.63, 3.8) is 0 Å². The van der Waals surface area contributed by atoms with E-state index in [1.165, 1.54) is 38.5 Å². The van der Waals surface area contributed by atoms with Crippen LogP contribution < -0.4 is 5.66 Å². The van der Waals surface area contributed by atoms with Crippen LogP contribution in [0.2, 0.25) is 6.32 Å². The number of hydrogen-bond donors (Lipinski definition) is 0. The Morgan fingerprint density at radius 2 is 2.00 bits per heavy atom. The highest BCUT2D eigenvalue weighted by molar-refractivity contribution is 6.51. The van der Waals surface area contributed by atoms with E-state index in [0.29, 0.717) is 0 Å². The first-order chi connectivity index (χ1) is 6.93. The average Bonchev–Trinajstić information content (AvgIpc) is 2.69. The molecule has 0 N–H and O–H groups in total. The largest absolute Gasteiger partial charge is 0.373 e.